The molecule has 2 unspecified atom stereocenters. The fourth-order valence-corrected chi connectivity index (χ4v) is 10.5. The Kier molecular flexibility index (Phi) is 14.0. The molecule has 9 rings (SSSR count). The first-order valence-corrected chi connectivity index (χ1v) is 24.3. The standard InChI is InChI=1S/C50H56ClN7O7S/c1-50(2)17-11-37(44(28-50)34-3-6-38(51)7-4-34)31-56-19-13-33(14-20-56)35-5-9-43(47(26-35)65-40-25-36-12-18-52-48(36)54-29-40)49(59)55-66(62)42-8-10-45(46(27-42)58(60)61)53-30-41-32-57(21-24-64-41)39-15-22-63-23-16-39/h3-10,12-13,18,25-27,29,39,41,53H,11,14-17,19-24,28,30-32H2,1-2H3,(H,52,54)(H,55,59). The van der Waals surface area contributed by atoms with Gasteiger partial charge in [-0.15, -0.1) is 0 Å². The number of nitrogens with zero attached hydrogens (tertiary/aromatic N) is 4. The third-order valence-electron chi connectivity index (χ3n) is 13.2. The molecule has 3 aliphatic heterocycles. The second-order valence-corrected chi connectivity index (χ2v) is 20.0. The summed E-state index contributed by atoms with van der Waals surface area (Å²) in [5, 5.41) is 17.1. The predicted molar refractivity (Wildman–Crippen MR) is 258 cm³/mol. The van der Waals surface area contributed by atoms with E-state index < -0.39 is 21.8 Å². The SMILES string of the molecule is CC1(C)CCC(CN2CC=C(c3ccc(C(=O)NS(=O)c4ccc(NCC5CN(C6CCOCC6)CCO5)c([N+](=O)[O-])c4)c(Oc4cnc5[nH]ccc5c4)c3)CC2)=C(c2ccc(Cl)cc2)C1. The highest BCUT2D eigenvalue weighted by molar-refractivity contribution is 7.83. The molecule has 0 radical (unpaired) electrons. The average Bonchev–Trinajstić information content (AvgIpc) is 3.80. The van der Waals surface area contributed by atoms with Gasteiger partial charge >= 0.3 is 0 Å². The van der Waals surface area contributed by atoms with Crippen LogP contribution in [-0.4, -0.2) is 106 Å². The molecule has 346 valence electrons. The number of fused-ring (bicyclic) bond motifs is 1. The molecule has 2 saturated heterocycles. The number of carbonyl (C=O) groups excluding carboxylic acids is 1. The van der Waals surface area contributed by atoms with Crippen LogP contribution in [-0.2, 0) is 20.5 Å². The van der Waals surface area contributed by atoms with Crippen molar-refractivity contribution in [1.29, 1.82) is 0 Å². The van der Waals surface area contributed by atoms with Gasteiger partial charge in [-0.2, -0.15) is 0 Å². The molecule has 5 aromatic rings. The van der Waals surface area contributed by atoms with Crippen molar-refractivity contribution < 1.29 is 28.1 Å². The number of H-pyrrole nitrogens is 1. The van der Waals surface area contributed by atoms with Crippen LogP contribution in [0.2, 0.25) is 5.02 Å². The van der Waals surface area contributed by atoms with Crippen molar-refractivity contribution in [2.45, 2.75) is 69.4 Å². The Hall–Kier alpha value is -5.42. The van der Waals surface area contributed by atoms with Crippen LogP contribution in [0.1, 0.15) is 73.9 Å². The zero-order chi connectivity index (χ0) is 45.8. The normalized spacial score (nSPS) is 20.2. The maximum Gasteiger partial charge on any atom is 0.293 e. The zero-order valence-corrected chi connectivity index (χ0v) is 38.9. The predicted octanol–water partition coefficient (Wildman–Crippen LogP) is 9.41. The number of morpholine rings is 1. The molecule has 2 atom stereocenters. The number of ether oxygens (including phenoxy) is 3. The molecule has 0 saturated carbocycles. The van der Waals surface area contributed by atoms with Gasteiger partial charge in [0.1, 0.15) is 22.8 Å². The van der Waals surface area contributed by atoms with Gasteiger partial charge in [-0.05, 0) is 115 Å². The minimum Gasteiger partial charge on any atom is -0.455 e. The van der Waals surface area contributed by atoms with Crippen LogP contribution in [0.15, 0.2) is 102 Å². The van der Waals surface area contributed by atoms with E-state index in [1.807, 2.05) is 36.4 Å². The summed E-state index contributed by atoms with van der Waals surface area (Å²) in [6.45, 7) is 11.2. The molecule has 16 heteroatoms. The zero-order valence-electron chi connectivity index (χ0n) is 37.4. The fourth-order valence-electron chi connectivity index (χ4n) is 9.54. The molecule has 14 nitrogen and oxygen atoms in total. The fraction of sp³-hybridized carbons (Fsp3) is 0.400. The number of benzene rings is 3. The molecular weight excluding hydrogens is 878 g/mol. The Balaban J connectivity index is 0.903. The highest BCUT2D eigenvalue weighted by Crippen LogP contribution is 2.44. The molecule has 5 heterocycles. The number of carbonyl (C=O) groups is 1. The number of hydrogen-bond donors (Lipinski definition) is 3. The lowest BCUT2D eigenvalue weighted by Crippen LogP contribution is -2.51. The molecular formula is C50H56ClN7O7S. The largest absolute Gasteiger partial charge is 0.455 e. The van der Waals surface area contributed by atoms with Crippen molar-refractivity contribution in [2.75, 3.05) is 64.4 Å². The summed E-state index contributed by atoms with van der Waals surface area (Å²) in [6, 6.07) is 22.0. The third-order valence-corrected chi connectivity index (χ3v) is 14.6. The Morgan fingerprint density at radius 1 is 1.03 bits per heavy atom. The molecule has 4 aliphatic rings. The summed E-state index contributed by atoms with van der Waals surface area (Å²) >= 11 is 6.26. The van der Waals surface area contributed by atoms with Crippen molar-refractivity contribution >= 4 is 62.0 Å². The van der Waals surface area contributed by atoms with E-state index in [0.29, 0.717) is 37.1 Å². The van der Waals surface area contributed by atoms with Gasteiger partial charge in [-0.25, -0.2) is 9.19 Å². The van der Waals surface area contributed by atoms with E-state index in [-0.39, 0.29) is 39.1 Å². The van der Waals surface area contributed by atoms with E-state index in [9.17, 15) is 19.1 Å². The number of allylic oxidation sites excluding steroid dienone is 1. The summed E-state index contributed by atoms with van der Waals surface area (Å²) in [5.74, 6) is 0.0194. The average molecular weight is 935 g/mol. The molecule has 66 heavy (non-hydrogen) atoms. The van der Waals surface area contributed by atoms with E-state index in [1.165, 1.54) is 34.9 Å². The number of aromatic nitrogens is 2. The minimum absolute atomic E-state index is 0.0753. The van der Waals surface area contributed by atoms with Crippen LogP contribution < -0.4 is 14.8 Å². The Morgan fingerprint density at radius 3 is 2.64 bits per heavy atom. The lowest BCUT2D eigenvalue weighted by atomic mass is 9.72. The molecule has 1 aliphatic carbocycles. The van der Waals surface area contributed by atoms with Gasteiger partial charge in [0.25, 0.3) is 11.6 Å². The number of nitrogens with one attached hydrogen (secondary N) is 3. The topological polar surface area (TPSA) is 164 Å². The van der Waals surface area contributed by atoms with Gasteiger partial charge in [-0.1, -0.05) is 55.3 Å². The molecule has 0 bridgehead atoms. The first kappa shape index (κ1) is 45.7. The first-order chi connectivity index (χ1) is 31.9. The number of nitro groups is 1. The van der Waals surface area contributed by atoms with Crippen LogP contribution in [0.25, 0.3) is 22.2 Å². The highest BCUT2D eigenvalue weighted by atomic mass is 35.5. The van der Waals surface area contributed by atoms with Gasteiger partial charge in [0, 0.05) is 81.2 Å². The van der Waals surface area contributed by atoms with Crippen LogP contribution in [0.5, 0.6) is 11.5 Å². The third kappa shape index (κ3) is 10.9. The van der Waals surface area contributed by atoms with Gasteiger partial charge in [-0.3, -0.25) is 29.4 Å². The summed E-state index contributed by atoms with van der Waals surface area (Å²) < 4.78 is 34.2. The molecule has 3 N–H and O–H groups in total. The van der Waals surface area contributed by atoms with Crippen LogP contribution >= 0.6 is 11.6 Å². The second kappa shape index (κ2) is 20.2. The van der Waals surface area contributed by atoms with Gasteiger partial charge in [0.05, 0.1) is 34.3 Å². The monoisotopic (exact) mass is 933 g/mol. The number of hydrogen-bond acceptors (Lipinski definition) is 11. The number of nitro benzene ring substituents is 1. The Labute approximate surface area is 392 Å². The van der Waals surface area contributed by atoms with E-state index in [2.05, 4.69) is 61.9 Å². The van der Waals surface area contributed by atoms with Gasteiger partial charge in [0.15, 0.2) is 11.0 Å². The lowest BCUT2D eigenvalue weighted by molar-refractivity contribution is -0.384. The van der Waals surface area contributed by atoms with Crippen molar-refractivity contribution in [2.24, 2.45) is 5.41 Å². The molecule has 0 spiro atoms. The summed E-state index contributed by atoms with van der Waals surface area (Å²) in [6.07, 6.45) is 11.4. The van der Waals surface area contributed by atoms with Gasteiger partial charge < -0.3 is 24.5 Å². The number of aromatic amines is 1. The van der Waals surface area contributed by atoms with E-state index in [1.54, 1.807) is 18.5 Å². The molecule has 1 amide bonds. The minimum atomic E-state index is -2.14. The summed E-state index contributed by atoms with van der Waals surface area (Å²) in [7, 11) is -2.14. The number of amides is 1. The lowest BCUT2D eigenvalue weighted by Gasteiger charge is -2.39. The van der Waals surface area contributed by atoms with Crippen molar-refractivity contribution in [1.82, 2.24) is 24.5 Å². The van der Waals surface area contributed by atoms with Crippen LogP contribution in [0, 0.1) is 15.5 Å². The Morgan fingerprint density at radius 2 is 1.85 bits per heavy atom. The summed E-state index contributed by atoms with van der Waals surface area (Å²) in [5.41, 5.74) is 7.29. The van der Waals surface area contributed by atoms with Crippen molar-refractivity contribution in [3.63, 3.8) is 0 Å². The van der Waals surface area contributed by atoms with Crippen LogP contribution in [0.4, 0.5) is 11.4 Å². The maximum atomic E-state index is 14.0. The van der Waals surface area contributed by atoms with E-state index in [4.69, 9.17) is 25.8 Å². The molecule has 2 aromatic heterocycles. The second-order valence-electron chi connectivity index (χ2n) is 18.4. The molecule has 2 fully saturated rings. The van der Waals surface area contributed by atoms with E-state index in [0.717, 1.165) is 99.5 Å². The maximum absolute atomic E-state index is 14.0. The van der Waals surface area contributed by atoms with Gasteiger partial charge in [0.2, 0.25) is 0 Å². The van der Waals surface area contributed by atoms with Crippen molar-refractivity contribution in [3.05, 3.63) is 129 Å². The quantitative estimate of drug-likeness (QED) is 0.0718. The number of pyridine rings is 1. The summed E-state index contributed by atoms with van der Waals surface area (Å²) in [4.78, 5) is 38.3. The first-order valence-electron chi connectivity index (χ1n) is 22.8. The number of anilines is 1. The van der Waals surface area contributed by atoms with E-state index >= 15 is 0 Å². The number of rotatable bonds is 14. The number of halogens is 1. The Bertz CT molecular complexity index is 2680. The van der Waals surface area contributed by atoms with Crippen LogP contribution in [0.3, 0.4) is 0 Å². The smallest absolute Gasteiger partial charge is 0.293 e. The highest BCUT2D eigenvalue weighted by Gasteiger charge is 2.31. The molecule has 3 aromatic carbocycles. The van der Waals surface area contributed by atoms with Crippen molar-refractivity contribution in [3.8, 4) is 11.5 Å².